The Morgan fingerprint density at radius 2 is 2.10 bits per heavy atom. The van der Waals surface area contributed by atoms with Crippen molar-refractivity contribution in [1.29, 1.82) is 0 Å². The second-order valence-electron chi connectivity index (χ2n) is 3.87. The molecule has 1 atom stereocenters. The van der Waals surface area contributed by atoms with E-state index in [1.165, 1.54) is 0 Å². The third kappa shape index (κ3) is 2.30. The number of ether oxygens (including phenoxy) is 1. The van der Waals surface area contributed by atoms with Gasteiger partial charge in [-0.3, -0.25) is 15.0 Å². The molecule has 10 heteroatoms. The molecule has 0 fully saturated rings. The summed E-state index contributed by atoms with van der Waals surface area (Å²) in [7, 11) is 0. The van der Waals surface area contributed by atoms with E-state index < -0.39 is 35.3 Å². The molecule has 0 bridgehead atoms. The Morgan fingerprint density at radius 1 is 1.45 bits per heavy atom. The van der Waals surface area contributed by atoms with Crippen molar-refractivity contribution in [2.75, 3.05) is 11.4 Å². The molecule has 0 spiro atoms. The molecule has 20 heavy (non-hydrogen) atoms. The van der Waals surface area contributed by atoms with Crippen molar-refractivity contribution < 1.29 is 29.5 Å². The lowest BCUT2D eigenvalue weighted by molar-refractivity contribution is -0.384. The van der Waals surface area contributed by atoms with Gasteiger partial charge in [0.1, 0.15) is 5.02 Å². The zero-order valence-electron chi connectivity index (χ0n) is 9.65. The van der Waals surface area contributed by atoms with Gasteiger partial charge in [-0.25, -0.2) is 9.59 Å². The number of carboxylic acids is 1. The minimum absolute atomic E-state index is 0.0365. The molecular formula is C10H7ClN2O7. The number of anilines is 1. The van der Waals surface area contributed by atoms with Crippen molar-refractivity contribution >= 4 is 35.0 Å². The van der Waals surface area contributed by atoms with Gasteiger partial charge < -0.3 is 14.9 Å². The lowest BCUT2D eigenvalue weighted by Gasteiger charge is -2.31. The predicted octanol–water partition coefficient (Wildman–Crippen LogP) is 1.58. The first kappa shape index (κ1) is 13.9. The molecule has 2 rings (SSSR count). The molecule has 0 saturated heterocycles. The van der Waals surface area contributed by atoms with Gasteiger partial charge in [-0.15, -0.1) is 0 Å². The van der Waals surface area contributed by atoms with Crippen LogP contribution in [-0.2, 0) is 4.79 Å². The maximum atomic E-state index is 11.1. The number of nitro benzene ring substituents is 1. The molecule has 0 aliphatic carbocycles. The number of benzene rings is 1. The van der Waals surface area contributed by atoms with Gasteiger partial charge in [-0.2, -0.15) is 0 Å². The Hall–Kier alpha value is -2.55. The highest BCUT2D eigenvalue weighted by Crippen LogP contribution is 2.40. The Morgan fingerprint density at radius 3 is 2.60 bits per heavy atom. The molecule has 0 aromatic heterocycles. The van der Waals surface area contributed by atoms with E-state index in [-0.39, 0.29) is 16.5 Å². The molecule has 1 aromatic carbocycles. The summed E-state index contributed by atoms with van der Waals surface area (Å²) in [5.41, 5.74) is -0.535. The van der Waals surface area contributed by atoms with Crippen LogP contribution in [0.25, 0.3) is 0 Å². The van der Waals surface area contributed by atoms with Gasteiger partial charge in [0.25, 0.3) is 5.69 Å². The Balaban J connectivity index is 2.56. The normalized spacial score (nSPS) is 17.1. The summed E-state index contributed by atoms with van der Waals surface area (Å²) in [5.74, 6) is -1.60. The molecule has 1 aliphatic heterocycles. The molecule has 0 saturated carbocycles. The lowest BCUT2D eigenvalue weighted by atomic mass is 10.2. The average molecular weight is 303 g/mol. The van der Waals surface area contributed by atoms with E-state index in [0.29, 0.717) is 4.90 Å². The van der Waals surface area contributed by atoms with Crippen molar-refractivity contribution in [3.8, 4) is 5.75 Å². The van der Waals surface area contributed by atoms with Crippen LogP contribution in [0, 0.1) is 10.1 Å². The molecule has 1 aromatic rings. The van der Waals surface area contributed by atoms with Crippen LogP contribution in [0.5, 0.6) is 5.75 Å². The number of hydrogen-bond acceptors (Lipinski definition) is 5. The summed E-state index contributed by atoms with van der Waals surface area (Å²) in [6, 6.07) is 1.96. The van der Waals surface area contributed by atoms with E-state index in [0.717, 1.165) is 12.1 Å². The molecule has 2 N–H and O–H groups in total. The first-order valence-electron chi connectivity index (χ1n) is 5.19. The highest BCUT2D eigenvalue weighted by Gasteiger charge is 2.35. The number of carbonyl (C=O) groups is 2. The standard InChI is InChI=1S/C10H7ClN2O7/c11-4-1-6-7(2-5(4)13(18)19)20-8(9(14)15)3-12(6)10(16)17/h1-2,8H,3H2,(H,14,15)(H,16,17). The topological polar surface area (TPSA) is 130 Å². The Labute approximate surface area is 116 Å². The minimum atomic E-state index is -1.45. The summed E-state index contributed by atoms with van der Waals surface area (Å²) in [4.78, 5) is 32.7. The fourth-order valence-corrected chi connectivity index (χ4v) is 1.97. The third-order valence-corrected chi connectivity index (χ3v) is 2.94. The first-order valence-corrected chi connectivity index (χ1v) is 5.57. The number of hydrogen-bond donors (Lipinski definition) is 2. The van der Waals surface area contributed by atoms with Crippen LogP contribution in [0.15, 0.2) is 12.1 Å². The SMILES string of the molecule is O=C(O)C1CN(C(=O)O)c2cc(Cl)c([N+](=O)[O-])cc2O1. The quantitative estimate of drug-likeness (QED) is 0.626. The van der Waals surface area contributed by atoms with Gasteiger partial charge in [-0.1, -0.05) is 11.6 Å². The van der Waals surface area contributed by atoms with Gasteiger partial charge >= 0.3 is 12.1 Å². The monoisotopic (exact) mass is 302 g/mol. The van der Waals surface area contributed by atoms with Crippen LogP contribution >= 0.6 is 11.6 Å². The lowest BCUT2D eigenvalue weighted by Crippen LogP contribution is -2.46. The molecule has 9 nitrogen and oxygen atoms in total. The Kier molecular flexibility index (Phi) is 3.36. The zero-order valence-corrected chi connectivity index (χ0v) is 10.4. The van der Waals surface area contributed by atoms with Crippen LogP contribution in [-0.4, -0.2) is 39.8 Å². The van der Waals surface area contributed by atoms with Gasteiger partial charge in [0.05, 0.1) is 23.2 Å². The summed E-state index contributed by atoms with van der Waals surface area (Å²) < 4.78 is 5.05. The van der Waals surface area contributed by atoms with E-state index in [4.69, 9.17) is 26.6 Å². The Bertz CT molecular complexity index is 618. The van der Waals surface area contributed by atoms with E-state index >= 15 is 0 Å². The summed E-state index contributed by atoms with van der Waals surface area (Å²) in [6.07, 6.45) is -2.86. The summed E-state index contributed by atoms with van der Waals surface area (Å²) >= 11 is 5.69. The van der Waals surface area contributed by atoms with E-state index in [1.54, 1.807) is 0 Å². The molecule has 0 radical (unpaired) electrons. The first-order chi connectivity index (χ1) is 9.31. The molecule has 1 heterocycles. The maximum absolute atomic E-state index is 11.1. The van der Waals surface area contributed by atoms with Gasteiger partial charge in [0.15, 0.2) is 5.75 Å². The van der Waals surface area contributed by atoms with E-state index in [9.17, 15) is 19.7 Å². The van der Waals surface area contributed by atoms with Crippen LogP contribution in [0.3, 0.4) is 0 Å². The molecule has 106 valence electrons. The van der Waals surface area contributed by atoms with Crippen LogP contribution in [0.4, 0.5) is 16.2 Å². The largest absolute Gasteiger partial charge is 0.478 e. The van der Waals surface area contributed by atoms with Crippen LogP contribution in [0.1, 0.15) is 0 Å². The van der Waals surface area contributed by atoms with Crippen molar-refractivity contribution in [2.45, 2.75) is 6.10 Å². The number of carboxylic acid groups (broad SMARTS) is 2. The smallest absolute Gasteiger partial charge is 0.412 e. The van der Waals surface area contributed by atoms with Gasteiger partial charge in [0, 0.05) is 0 Å². The van der Waals surface area contributed by atoms with Gasteiger partial charge in [-0.05, 0) is 6.07 Å². The third-order valence-electron chi connectivity index (χ3n) is 2.64. The number of nitro groups is 1. The second kappa shape index (κ2) is 4.85. The van der Waals surface area contributed by atoms with Crippen LogP contribution in [0.2, 0.25) is 5.02 Å². The zero-order chi connectivity index (χ0) is 15.0. The van der Waals surface area contributed by atoms with E-state index in [2.05, 4.69) is 0 Å². The predicted molar refractivity (Wildman–Crippen MR) is 65.5 cm³/mol. The van der Waals surface area contributed by atoms with Crippen molar-refractivity contribution in [3.05, 3.63) is 27.3 Å². The highest BCUT2D eigenvalue weighted by atomic mass is 35.5. The van der Waals surface area contributed by atoms with Crippen LogP contribution < -0.4 is 9.64 Å². The second-order valence-corrected chi connectivity index (χ2v) is 4.27. The number of amides is 1. The molecule has 1 amide bonds. The van der Waals surface area contributed by atoms with Gasteiger partial charge in [0.2, 0.25) is 6.10 Å². The minimum Gasteiger partial charge on any atom is -0.478 e. The summed E-state index contributed by atoms with van der Waals surface area (Å²) in [5, 5.41) is 28.4. The molecule has 1 aliphatic rings. The number of halogens is 1. The fourth-order valence-electron chi connectivity index (χ4n) is 1.74. The summed E-state index contributed by atoms with van der Waals surface area (Å²) in [6.45, 7) is -0.439. The van der Waals surface area contributed by atoms with E-state index in [1.807, 2.05) is 0 Å². The van der Waals surface area contributed by atoms with Crippen molar-refractivity contribution in [3.63, 3.8) is 0 Å². The molecule has 1 unspecified atom stereocenters. The molecular weight excluding hydrogens is 296 g/mol. The number of nitrogens with zero attached hydrogens (tertiary/aromatic N) is 2. The number of rotatable bonds is 2. The highest BCUT2D eigenvalue weighted by molar-refractivity contribution is 6.33. The van der Waals surface area contributed by atoms with Crippen molar-refractivity contribution in [2.24, 2.45) is 0 Å². The number of aliphatic carboxylic acids is 1. The average Bonchev–Trinajstić information content (AvgIpc) is 2.36. The number of fused-ring (bicyclic) bond motifs is 1. The maximum Gasteiger partial charge on any atom is 0.412 e. The van der Waals surface area contributed by atoms with Crippen molar-refractivity contribution in [1.82, 2.24) is 0 Å². The fraction of sp³-hybridized carbons (Fsp3) is 0.200.